The molecule has 0 radical (unpaired) electrons. The van der Waals surface area contributed by atoms with E-state index in [1.807, 2.05) is 0 Å². The molecule has 0 fully saturated rings. The van der Waals surface area contributed by atoms with E-state index in [-0.39, 0.29) is 0 Å². The zero-order chi connectivity index (χ0) is 14.0. The lowest BCUT2D eigenvalue weighted by molar-refractivity contribution is -0.671. The molecule has 0 aromatic carbocycles. The standard InChI is InChI=1S/C11H21N2.H3O4P/c1-3-4-5-6-7-8-13-10-9-12(2)11-13;1-5(2,3)4/h9-11H,3-8H2,1-2H3;(H3,1,2,3,4)/q+1;/p-1. The van der Waals surface area contributed by atoms with Crippen LogP contribution in [0.15, 0.2) is 18.7 Å². The van der Waals surface area contributed by atoms with Crippen LogP contribution in [0.5, 0.6) is 0 Å². The molecule has 0 aliphatic heterocycles. The van der Waals surface area contributed by atoms with Crippen molar-refractivity contribution in [3.8, 4) is 0 Å². The van der Waals surface area contributed by atoms with Crippen LogP contribution in [-0.4, -0.2) is 14.4 Å². The van der Waals surface area contributed by atoms with Crippen LogP contribution in [0.1, 0.15) is 39.0 Å². The maximum Gasteiger partial charge on any atom is 0.262 e. The molecular formula is C11H23N2O4P. The largest absolute Gasteiger partial charge is 0.756 e. The molecule has 7 heteroatoms. The Labute approximate surface area is 108 Å². The molecule has 0 saturated heterocycles. The van der Waals surface area contributed by atoms with Gasteiger partial charge in [0.25, 0.3) is 7.82 Å². The fourth-order valence-corrected chi connectivity index (χ4v) is 1.53. The van der Waals surface area contributed by atoms with Gasteiger partial charge in [0, 0.05) is 0 Å². The van der Waals surface area contributed by atoms with E-state index in [1.165, 1.54) is 38.6 Å². The fraction of sp³-hybridized carbons (Fsp3) is 0.727. The normalized spacial score (nSPS) is 10.9. The van der Waals surface area contributed by atoms with Gasteiger partial charge >= 0.3 is 0 Å². The van der Waals surface area contributed by atoms with Gasteiger partial charge in [0.15, 0.2) is 0 Å². The Morgan fingerprint density at radius 3 is 2.28 bits per heavy atom. The lowest BCUT2D eigenvalue weighted by Crippen LogP contribution is -2.23. The molecule has 0 aliphatic carbocycles. The molecule has 1 aromatic heterocycles. The number of rotatable bonds is 6. The Kier molecular flexibility index (Phi) is 8.93. The van der Waals surface area contributed by atoms with Crippen LogP contribution in [-0.2, 0) is 18.2 Å². The topological polar surface area (TPSA) is 89.4 Å². The maximum atomic E-state index is 8.77. The van der Waals surface area contributed by atoms with Crippen molar-refractivity contribution in [2.24, 2.45) is 7.05 Å². The number of hydrogen-bond donors (Lipinski definition) is 2. The molecule has 2 N–H and O–H groups in total. The summed E-state index contributed by atoms with van der Waals surface area (Å²) in [6.45, 7) is 3.43. The highest BCUT2D eigenvalue weighted by Crippen LogP contribution is 2.18. The summed E-state index contributed by atoms with van der Waals surface area (Å²) in [6.07, 6.45) is 13.2. The van der Waals surface area contributed by atoms with Gasteiger partial charge in [0.05, 0.1) is 13.6 Å². The zero-order valence-corrected chi connectivity index (χ0v) is 11.9. The Hall–Kier alpha value is -0.680. The number of hydrogen-bond acceptors (Lipinski definition) is 2. The highest BCUT2D eigenvalue weighted by atomic mass is 31.2. The van der Waals surface area contributed by atoms with Crippen molar-refractivity contribution >= 4 is 7.82 Å². The van der Waals surface area contributed by atoms with Gasteiger partial charge in [-0.2, -0.15) is 0 Å². The van der Waals surface area contributed by atoms with Crippen LogP contribution in [0.3, 0.4) is 0 Å². The molecule has 0 bridgehead atoms. The maximum absolute atomic E-state index is 8.77. The molecule has 0 atom stereocenters. The van der Waals surface area contributed by atoms with E-state index in [1.54, 1.807) is 0 Å². The summed E-state index contributed by atoms with van der Waals surface area (Å²) in [5.74, 6) is 0. The second-order valence-electron chi connectivity index (χ2n) is 4.22. The monoisotopic (exact) mass is 278 g/mol. The molecule has 1 aromatic rings. The summed E-state index contributed by atoms with van der Waals surface area (Å²) in [7, 11) is -2.83. The molecule has 18 heavy (non-hydrogen) atoms. The van der Waals surface area contributed by atoms with Crippen molar-refractivity contribution in [3.63, 3.8) is 0 Å². The van der Waals surface area contributed by atoms with Crippen molar-refractivity contribution in [2.45, 2.75) is 45.6 Å². The van der Waals surface area contributed by atoms with Gasteiger partial charge in [-0.05, 0) is 12.8 Å². The molecule has 106 valence electrons. The molecule has 6 nitrogen and oxygen atoms in total. The van der Waals surface area contributed by atoms with Gasteiger partial charge < -0.3 is 14.7 Å². The second kappa shape index (κ2) is 9.28. The molecule has 0 amide bonds. The molecule has 0 spiro atoms. The SMILES string of the molecule is CCCCCCCn1cc[n+](C)c1.O=P([O-])(O)O. The first kappa shape index (κ1) is 17.3. The van der Waals surface area contributed by atoms with Gasteiger partial charge in [-0.15, -0.1) is 0 Å². The smallest absolute Gasteiger partial charge is 0.262 e. The van der Waals surface area contributed by atoms with Crippen molar-refractivity contribution in [3.05, 3.63) is 18.7 Å². The van der Waals surface area contributed by atoms with E-state index >= 15 is 0 Å². The zero-order valence-electron chi connectivity index (χ0n) is 11.0. The van der Waals surface area contributed by atoms with Crippen molar-refractivity contribution in [2.75, 3.05) is 0 Å². The van der Waals surface area contributed by atoms with Crippen LogP contribution in [0, 0.1) is 0 Å². The Morgan fingerprint density at radius 1 is 1.28 bits per heavy atom. The third kappa shape index (κ3) is 13.4. The summed E-state index contributed by atoms with van der Waals surface area (Å²) in [5, 5.41) is 0. The molecule has 1 heterocycles. The van der Waals surface area contributed by atoms with Crippen molar-refractivity contribution < 1.29 is 23.8 Å². The van der Waals surface area contributed by atoms with Gasteiger partial charge in [-0.3, -0.25) is 4.57 Å². The molecule has 0 unspecified atom stereocenters. The van der Waals surface area contributed by atoms with E-state index in [9.17, 15) is 0 Å². The van der Waals surface area contributed by atoms with Crippen LogP contribution >= 0.6 is 7.82 Å². The highest BCUT2D eigenvalue weighted by Gasteiger charge is 1.98. The Bertz CT molecular complexity index is 353. The van der Waals surface area contributed by atoms with Gasteiger partial charge in [-0.1, -0.05) is 26.2 Å². The van der Waals surface area contributed by atoms with Gasteiger partial charge in [0.1, 0.15) is 12.4 Å². The third-order valence-electron chi connectivity index (χ3n) is 2.34. The minimum atomic E-state index is -4.89. The van der Waals surface area contributed by atoms with Gasteiger partial charge in [0.2, 0.25) is 6.33 Å². The molecule has 0 saturated carbocycles. The summed E-state index contributed by atoms with van der Waals surface area (Å²) in [5.41, 5.74) is 0. The summed E-state index contributed by atoms with van der Waals surface area (Å²) in [6, 6.07) is 0. The number of nitrogens with zero attached hydrogens (tertiary/aromatic N) is 2. The lowest BCUT2D eigenvalue weighted by atomic mass is 10.1. The predicted molar refractivity (Wildman–Crippen MR) is 66.4 cm³/mol. The molecule has 0 aliphatic rings. The Morgan fingerprint density at radius 2 is 1.83 bits per heavy atom. The van der Waals surface area contributed by atoms with Crippen LogP contribution < -0.4 is 9.46 Å². The average molecular weight is 278 g/mol. The predicted octanol–water partition coefficient (Wildman–Crippen LogP) is 0.722. The fourth-order valence-electron chi connectivity index (χ4n) is 1.53. The summed E-state index contributed by atoms with van der Waals surface area (Å²) < 4.78 is 13.1. The van der Waals surface area contributed by atoms with E-state index in [0.717, 1.165) is 0 Å². The van der Waals surface area contributed by atoms with E-state index in [4.69, 9.17) is 19.2 Å². The quantitative estimate of drug-likeness (QED) is 0.456. The van der Waals surface area contributed by atoms with Crippen LogP contribution in [0.25, 0.3) is 0 Å². The molecule has 1 rings (SSSR count). The first-order valence-corrected chi connectivity index (χ1v) is 7.63. The van der Waals surface area contributed by atoms with E-state index < -0.39 is 7.82 Å². The molecular weight excluding hydrogens is 255 g/mol. The van der Waals surface area contributed by atoms with Crippen LogP contribution in [0.2, 0.25) is 0 Å². The van der Waals surface area contributed by atoms with Crippen molar-refractivity contribution in [1.29, 1.82) is 0 Å². The number of aromatic nitrogens is 2. The minimum absolute atomic E-state index is 1.17. The Balaban J connectivity index is 0.000000494. The average Bonchev–Trinajstić information content (AvgIpc) is 2.61. The lowest BCUT2D eigenvalue weighted by Gasteiger charge is -2.01. The minimum Gasteiger partial charge on any atom is -0.756 e. The van der Waals surface area contributed by atoms with Gasteiger partial charge in [-0.25, -0.2) is 9.13 Å². The highest BCUT2D eigenvalue weighted by molar-refractivity contribution is 7.43. The van der Waals surface area contributed by atoms with Crippen molar-refractivity contribution in [1.82, 2.24) is 4.57 Å². The summed E-state index contributed by atoms with van der Waals surface area (Å²) >= 11 is 0. The number of imidazole rings is 1. The second-order valence-corrected chi connectivity index (χ2v) is 5.20. The van der Waals surface area contributed by atoms with E-state index in [2.05, 4.69) is 41.8 Å². The summed E-state index contributed by atoms with van der Waals surface area (Å²) in [4.78, 5) is 22.9. The number of unbranched alkanes of at least 4 members (excludes halogenated alkanes) is 4. The first-order chi connectivity index (χ1) is 8.33. The number of phosphoric acid groups is 1. The first-order valence-electron chi connectivity index (χ1n) is 6.10. The van der Waals surface area contributed by atoms with E-state index in [0.29, 0.717) is 0 Å². The third-order valence-corrected chi connectivity index (χ3v) is 2.34. The van der Waals surface area contributed by atoms with Crippen LogP contribution in [0.4, 0.5) is 0 Å². The number of aryl methyl sites for hydroxylation is 2.